The molecule has 0 saturated carbocycles. The summed E-state index contributed by atoms with van der Waals surface area (Å²) in [4.78, 5) is 0. The van der Waals surface area contributed by atoms with Crippen molar-refractivity contribution >= 4 is 31.7 Å². The molecule has 0 saturated heterocycles. The van der Waals surface area contributed by atoms with Crippen molar-refractivity contribution < 1.29 is 8.78 Å². The van der Waals surface area contributed by atoms with Crippen molar-refractivity contribution in [2.24, 2.45) is 0 Å². The van der Waals surface area contributed by atoms with Crippen LogP contribution in [0.25, 0.3) is 11.0 Å². The fourth-order valence-electron chi connectivity index (χ4n) is 1.82. The summed E-state index contributed by atoms with van der Waals surface area (Å²) in [5.41, 5.74) is 2.74. The first kappa shape index (κ1) is 12.3. The predicted molar refractivity (Wildman–Crippen MR) is 70.2 cm³/mol. The Balaban J connectivity index is 1.86. The van der Waals surface area contributed by atoms with E-state index in [1.54, 1.807) is 0 Å². The molecule has 6 heteroatoms. The van der Waals surface area contributed by atoms with Crippen molar-refractivity contribution in [3.8, 4) is 0 Å². The number of nitrogens with one attached hydrogen (secondary N) is 1. The zero-order valence-corrected chi connectivity index (χ0v) is 11.4. The molecule has 0 fully saturated rings. The van der Waals surface area contributed by atoms with Crippen LogP contribution in [0.15, 0.2) is 36.4 Å². The third-order valence-electron chi connectivity index (χ3n) is 2.76. The van der Waals surface area contributed by atoms with Crippen LogP contribution >= 0.6 is 0 Å². The Kier molecular flexibility index (Phi) is 3.27. The van der Waals surface area contributed by atoms with Crippen LogP contribution in [-0.2, 0) is 6.54 Å². The zero-order chi connectivity index (χ0) is 13.2. The van der Waals surface area contributed by atoms with Crippen LogP contribution in [0, 0.1) is 11.6 Å². The second kappa shape index (κ2) is 5.07. The third kappa shape index (κ3) is 2.50. The van der Waals surface area contributed by atoms with E-state index in [4.69, 9.17) is 0 Å². The average molecular weight is 324 g/mol. The topological polar surface area (TPSA) is 37.8 Å². The van der Waals surface area contributed by atoms with E-state index in [-0.39, 0.29) is 27.1 Å². The van der Waals surface area contributed by atoms with E-state index >= 15 is 0 Å². The maximum absolute atomic E-state index is 13.5. The molecule has 0 aliphatic heterocycles. The summed E-state index contributed by atoms with van der Waals surface area (Å²) in [6.45, 7) is 0.211. The fourth-order valence-corrected chi connectivity index (χ4v) is 2.97. The molecule has 96 valence electrons. The Morgan fingerprint density at radius 1 is 1.11 bits per heavy atom. The number of hydrogen-bond donors (Lipinski definition) is 1. The minimum absolute atomic E-state index is 0.107. The molecule has 3 rings (SSSR count). The first-order valence-corrected chi connectivity index (χ1v) is 7.16. The van der Waals surface area contributed by atoms with Crippen LogP contribution in [-0.4, -0.2) is 22.9 Å². The van der Waals surface area contributed by atoms with Gasteiger partial charge in [0.05, 0.1) is 0 Å². The van der Waals surface area contributed by atoms with Crippen molar-refractivity contribution in [1.29, 1.82) is 0 Å². The summed E-state index contributed by atoms with van der Waals surface area (Å²) >= 11 is -0.107. The molecule has 19 heavy (non-hydrogen) atoms. The molecule has 0 bridgehead atoms. The number of fused-ring (bicyclic) bond motifs is 1. The van der Waals surface area contributed by atoms with Gasteiger partial charge in [0.1, 0.15) is 0 Å². The number of anilines is 1. The standard InChI is InChI=1S/C13H9F2N3Se/c14-9-4-5-10(15)8(6-9)7-16-11-2-1-3-12-13(11)18-19-17-12/h1-6,16H,7H2. The van der Waals surface area contributed by atoms with Crippen LogP contribution in [0.3, 0.4) is 0 Å². The second-order valence-corrected chi connectivity index (χ2v) is 5.14. The van der Waals surface area contributed by atoms with Crippen LogP contribution in [0.1, 0.15) is 5.56 Å². The quantitative estimate of drug-likeness (QED) is 0.753. The van der Waals surface area contributed by atoms with Gasteiger partial charge in [0.15, 0.2) is 0 Å². The van der Waals surface area contributed by atoms with Crippen molar-refractivity contribution in [2.75, 3.05) is 5.32 Å². The molecule has 0 aliphatic rings. The van der Waals surface area contributed by atoms with E-state index in [1.807, 2.05) is 18.2 Å². The van der Waals surface area contributed by atoms with Gasteiger partial charge >= 0.3 is 114 Å². The van der Waals surface area contributed by atoms with Gasteiger partial charge in [-0.3, -0.25) is 0 Å². The molecular weight excluding hydrogens is 315 g/mol. The molecule has 0 unspecified atom stereocenters. The Labute approximate surface area is 114 Å². The van der Waals surface area contributed by atoms with Gasteiger partial charge in [-0.05, 0) is 0 Å². The van der Waals surface area contributed by atoms with Crippen LogP contribution < -0.4 is 5.32 Å². The van der Waals surface area contributed by atoms with Crippen molar-refractivity contribution in [3.63, 3.8) is 0 Å². The number of halogens is 2. The summed E-state index contributed by atoms with van der Waals surface area (Å²) in [5, 5.41) is 3.08. The van der Waals surface area contributed by atoms with E-state index in [9.17, 15) is 8.78 Å². The van der Waals surface area contributed by atoms with E-state index < -0.39 is 11.6 Å². The summed E-state index contributed by atoms with van der Waals surface area (Å²) in [6, 6.07) is 9.04. The Morgan fingerprint density at radius 3 is 2.89 bits per heavy atom. The first-order chi connectivity index (χ1) is 9.24. The average Bonchev–Trinajstić information content (AvgIpc) is 2.88. The van der Waals surface area contributed by atoms with Gasteiger partial charge in [0.25, 0.3) is 0 Å². The third-order valence-corrected chi connectivity index (χ3v) is 3.90. The van der Waals surface area contributed by atoms with Crippen LogP contribution in [0.2, 0.25) is 0 Å². The molecule has 3 aromatic rings. The number of benzene rings is 2. The Hall–Kier alpha value is -1.78. The second-order valence-electron chi connectivity index (χ2n) is 4.03. The van der Waals surface area contributed by atoms with Crippen molar-refractivity contribution in [3.05, 3.63) is 53.6 Å². The number of nitrogens with zero attached hydrogens (tertiary/aromatic N) is 2. The van der Waals surface area contributed by atoms with Crippen molar-refractivity contribution in [1.82, 2.24) is 7.96 Å². The molecule has 1 heterocycles. The summed E-state index contributed by atoms with van der Waals surface area (Å²) in [5.74, 6) is -0.869. The molecular formula is C13H9F2N3Se. The molecule has 3 nitrogen and oxygen atoms in total. The molecule has 0 spiro atoms. The van der Waals surface area contributed by atoms with Gasteiger partial charge in [0.2, 0.25) is 0 Å². The Morgan fingerprint density at radius 2 is 2.00 bits per heavy atom. The predicted octanol–water partition coefficient (Wildman–Crippen LogP) is 2.58. The van der Waals surface area contributed by atoms with Crippen LogP contribution in [0.5, 0.6) is 0 Å². The molecule has 2 aromatic carbocycles. The van der Waals surface area contributed by atoms with Gasteiger partial charge in [-0.2, -0.15) is 0 Å². The number of hydrogen-bond acceptors (Lipinski definition) is 3. The molecule has 0 atom stereocenters. The van der Waals surface area contributed by atoms with E-state index in [2.05, 4.69) is 13.3 Å². The molecule has 0 radical (unpaired) electrons. The van der Waals surface area contributed by atoms with Gasteiger partial charge in [-0.1, -0.05) is 0 Å². The fraction of sp³-hybridized carbons (Fsp3) is 0.0769. The van der Waals surface area contributed by atoms with Gasteiger partial charge in [-0.25, -0.2) is 0 Å². The number of rotatable bonds is 3. The monoisotopic (exact) mass is 325 g/mol. The summed E-state index contributed by atoms with van der Waals surface area (Å²) < 4.78 is 35.2. The summed E-state index contributed by atoms with van der Waals surface area (Å²) in [6.07, 6.45) is 0. The maximum atomic E-state index is 13.5. The van der Waals surface area contributed by atoms with E-state index in [0.29, 0.717) is 0 Å². The normalized spacial score (nSPS) is 10.8. The molecule has 0 aliphatic carbocycles. The molecule has 0 amide bonds. The van der Waals surface area contributed by atoms with Gasteiger partial charge in [-0.15, -0.1) is 0 Å². The van der Waals surface area contributed by atoms with Gasteiger partial charge < -0.3 is 0 Å². The first-order valence-electron chi connectivity index (χ1n) is 5.63. The summed E-state index contributed by atoms with van der Waals surface area (Å²) in [7, 11) is 0. The van der Waals surface area contributed by atoms with Gasteiger partial charge in [0, 0.05) is 0 Å². The minimum atomic E-state index is -0.445. The number of aromatic nitrogens is 2. The van der Waals surface area contributed by atoms with Crippen LogP contribution in [0.4, 0.5) is 14.5 Å². The van der Waals surface area contributed by atoms with E-state index in [1.165, 1.54) is 6.07 Å². The molecule has 1 aromatic heterocycles. The Bertz CT molecular complexity index is 727. The molecule has 1 N–H and O–H groups in total. The van der Waals surface area contributed by atoms with Crippen molar-refractivity contribution in [2.45, 2.75) is 6.54 Å². The van der Waals surface area contributed by atoms with E-state index in [0.717, 1.165) is 28.9 Å². The SMILES string of the molecule is Fc1ccc(F)c(CNc2cccc3n[se]nc23)c1. The zero-order valence-electron chi connectivity index (χ0n) is 9.73.